The van der Waals surface area contributed by atoms with Crippen LogP contribution in [0.1, 0.15) is 5.56 Å². The lowest BCUT2D eigenvalue weighted by molar-refractivity contribution is -0.384. The maximum Gasteiger partial charge on any atom is 0.269 e. The second-order valence-electron chi connectivity index (χ2n) is 6.40. The Morgan fingerprint density at radius 3 is 2.46 bits per heavy atom. The van der Waals surface area contributed by atoms with E-state index in [2.05, 4.69) is 4.90 Å². The third kappa shape index (κ3) is 4.44. The monoisotopic (exact) mass is 425 g/mol. The summed E-state index contributed by atoms with van der Waals surface area (Å²) in [5.74, 6) is 0.419. The lowest BCUT2D eigenvalue weighted by Gasteiger charge is -2.34. The van der Waals surface area contributed by atoms with Crippen molar-refractivity contribution in [1.29, 1.82) is 0 Å². The Morgan fingerprint density at radius 1 is 1.14 bits per heavy atom. The molecule has 2 aromatic carbocycles. The maximum atomic E-state index is 12.9. The molecule has 0 unspecified atom stereocenters. The number of rotatable bonds is 6. The summed E-state index contributed by atoms with van der Waals surface area (Å²) in [5, 5.41) is 11.1. The van der Waals surface area contributed by atoms with Gasteiger partial charge in [0.15, 0.2) is 0 Å². The summed E-state index contributed by atoms with van der Waals surface area (Å²) in [4.78, 5) is 12.7. The Kier molecular flexibility index (Phi) is 6.19. The summed E-state index contributed by atoms with van der Waals surface area (Å²) in [6.07, 6.45) is 0. The summed E-state index contributed by atoms with van der Waals surface area (Å²) in [6.45, 7) is 2.27. The molecule has 0 spiro atoms. The van der Waals surface area contributed by atoms with Crippen LogP contribution in [0.3, 0.4) is 0 Å². The Balaban J connectivity index is 1.65. The first-order valence-electron chi connectivity index (χ1n) is 8.60. The van der Waals surface area contributed by atoms with E-state index in [-0.39, 0.29) is 15.6 Å². The Labute approximate surface area is 168 Å². The average Bonchev–Trinajstić information content (AvgIpc) is 2.68. The molecule has 2 aromatic rings. The van der Waals surface area contributed by atoms with Crippen LogP contribution in [0, 0.1) is 10.1 Å². The number of sulfonamides is 1. The van der Waals surface area contributed by atoms with Gasteiger partial charge in [-0.3, -0.25) is 15.0 Å². The fraction of sp³-hybridized carbons (Fsp3) is 0.333. The normalized spacial score (nSPS) is 16.1. The standard InChI is InChI=1S/C18H20ClN3O5S/c1-27-18-6-5-16(12-17(18)19)28(25,26)21-9-7-20(8-10-21)13-14-3-2-4-15(11-14)22(23)24/h2-6,11-12H,7-10,13H2,1H3. The first kappa shape index (κ1) is 20.5. The SMILES string of the molecule is COc1ccc(S(=O)(=O)N2CCN(Cc3cccc([N+](=O)[O-])c3)CC2)cc1Cl. The number of benzene rings is 2. The van der Waals surface area contributed by atoms with Crippen LogP contribution in [0.25, 0.3) is 0 Å². The zero-order valence-corrected chi connectivity index (χ0v) is 16.8. The van der Waals surface area contributed by atoms with Crippen molar-refractivity contribution in [2.45, 2.75) is 11.4 Å². The largest absolute Gasteiger partial charge is 0.495 e. The summed E-state index contributed by atoms with van der Waals surface area (Å²) in [6, 6.07) is 10.9. The summed E-state index contributed by atoms with van der Waals surface area (Å²) in [5.41, 5.74) is 0.877. The smallest absolute Gasteiger partial charge is 0.269 e. The minimum absolute atomic E-state index is 0.0510. The zero-order chi connectivity index (χ0) is 20.3. The topological polar surface area (TPSA) is 93.0 Å². The van der Waals surface area contributed by atoms with Crippen LogP contribution >= 0.6 is 11.6 Å². The molecule has 1 aliphatic heterocycles. The van der Waals surface area contributed by atoms with E-state index in [9.17, 15) is 18.5 Å². The van der Waals surface area contributed by atoms with Gasteiger partial charge in [-0.1, -0.05) is 23.7 Å². The number of hydrogen-bond acceptors (Lipinski definition) is 6. The van der Waals surface area contributed by atoms with E-state index in [0.29, 0.717) is 38.5 Å². The van der Waals surface area contributed by atoms with Crippen molar-refractivity contribution in [2.75, 3.05) is 33.3 Å². The third-order valence-electron chi connectivity index (χ3n) is 4.62. The van der Waals surface area contributed by atoms with Gasteiger partial charge in [0.2, 0.25) is 10.0 Å². The molecule has 0 bridgehead atoms. The van der Waals surface area contributed by atoms with Crippen molar-refractivity contribution in [3.8, 4) is 5.75 Å². The molecule has 8 nitrogen and oxygen atoms in total. The minimum atomic E-state index is -3.65. The lowest BCUT2D eigenvalue weighted by Crippen LogP contribution is -2.48. The molecule has 0 saturated carbocycles. The van der Waals surface area contributed by atoms with Crippen LogP contribution in [0.5, 0.6) is 5.75 Å². The van der Waals surface area contributed by atoms with Crippen LogP contribution in [-0.2, 0) is 16.6 Å². The van der Waals surface area contributed by atoms with Crippen LogP contribution in [0.15, 0.2) is 47.4 Å². The molecule has 0 aromatic heterocycles. The number of ether oxygens (including phenoxy) is 1. The van der Waals surface area contributed by atoms with Crippen LogP contribution in [0.4, 0.5) is 5.69 Å². The zero-order valence-electron chi connectivity index (χ0n) is 15.2. The highest BCUT2D eigenvalue weighted by molar-refractivity contribution is 7.89. The van der Waals surface area contributed by atoms with Gasteiger partial charge in [0, 0.05) is 44.9 Å². The molecule has 28 heavy (non-hydrogen) atoms. The molecule has 1 saturated heterocycles. The van der Waals surface area contributed by atoms with Gasteiger partial charge in [-0.25, -0.2) is 8.42 Å². The first-order chi connectivity index (χ1) is 13.3. The molecular weight excluding hydrogens is 406 g/mol. The van der Waals surface area contributed by atoms with Gasteiger partial charge >= 0.3 is 0 Å². The van der Waals surface area contributed by atoms with E-state index in [4.69, 9.17) is 16.3 Å². The number of nitro groups is 1. The van der Waals surface area contributed by atoms with Crippen molar-refractivity contribution >= 4 is 27.3 Å². The molecule has 0 amide bonds. The average molecular weight is 426 g/mol. The van der Waals surface area contributed by atoms with Gasteiger partial charge < -0.3 is 4.74 Å². The van der Waals surface area contributed by atoms with Crippen molar-refractivity contribution in [3.05, 3.63) is 63.2 Å². The van der Waals surface area contributed by atoms with Gasteiger partial charge in [-0.15, -0.1) is 0 Å². The van der Waals surface area contributed by atoms with E-state index in [1.54, 1.807) is 12.1 Å². The van der Waals surface area contributed by atoms with E-state index in [1.807, 2.05) is 6.07 Å². The molecule has 3 rings (SSSR count). The van der Waals surface area contributed by atoms with Crippen LogP contribution in [0.2, 0.25) is 5.02 Å². The minimum Gasteiger partial charge on any atom is -0.495 e. The second-order valence-corrected chi connectivity index (χ2v) is 8.75. The van der Waals surface area contributed by atoms with Crippen LogP contribution in [-0.4, -0.2) is 55.8 Å². The van der Waals surface area contributed by atoms with Crippen molar-refractivity contribution in [1.82, 2.24) is 9.21 Å². The molecule has 150 valence electrons. The fourth-order valence-electron chi connectivity index (χ4n) is 3.11. The summed E-state index contributed by atoms with van der Waals surface area (Å²) >= 11 is 6.06. The number of methoxy groups -OCH3 is 1. The van der Waals surface area contributed by atoms with Gasteiger partial charge in [-0.2, -0.15) is 4.31 Å². The van der Waals surface area contributed by atoms with E-state index >= 15 is 0 Å². The van der Waals surface area contributed by atoms with E-state index in [1.165, 1.54) is 35.7 Å². The highest BCUT2D eigenvalue weighted by Crippen LogP contribution is 2.29. The Bertz CT molecular complexity index is 975. The Hall–Kier alpha value is -2.20. The molecule has 1 heterocycles. The highest BCUT2D eigenvalue weighted by Gasteiger charge is 2.29. The van der Waals surface area contributed by atoms with Gasteiger partial charge in [0.1, 0.15) is 5.75 Å². The number of piperazine rings is 1. The fourth-order valence-corrected chi connectivity index (χ4v) is 4.88. The maximum absolute atomic E-state index is 12.9. The van der Waals surface area contributed by atoms with Crippen molar-refractivity contribution in [2.24, 2.45) is 0 Å². The molecule has 0 aliphatic carbocycles. The van der Waals surface area contributed by atoms with Crippen molar-refractivity contribution < 1.29 is 18.1 Å². The molecule has 1 aliphatic rings. The van der Waals surface area contributed by atoms with E-state index < -0.39 is 14.9 Å². The number of hydrogen-bond donors (Lipinski definition) is 0. The molecule has 0 atom stereocenters. The second kappa shape index (κ2) is 8.44. The van der Waals surface area contributed by atoms with Gasteiger partial charge in [0.05, 0.1) is 22.0 Å². The van der Waals surface area contributed by atoms with Gasteiger partial charge in [0.25, 0.3) is 5.69 Å². The quantitative estimate of drug-likeness (QED) is 0.522. The molecular formula is C18H20ClN3O5S. The Morgan fingerprint density at radius 2 is 1.86 bits per heavy atom. The number of nitro benzene ring substituents is 1. The highest BCUT2D eigenvalue weighted by atomic mass is 35.5. The number of nitrogens with zero attached hydrogens (tertiary/aromatic N) is 3. The number of non-ortho nitro benzene ring substituents is 1. The molecule has 10 heteroatoms. The predicted molar refractivity (Wildman–Crippen MR) is 105 cm³/mol. The van der Waals surface area contributed by atoms with Gasteiger partial charge in [-0.05, 0) is 23.8 Å². The van der Waals surface area contributed by atoms with Crippen LogP contribution < -0.4 is 4.74 Å². The molecule has 0 radical (unpaired) electrons. The lowest BCUT2D eigenvalue weighted by atomic mass is 10.2. The third-order valence-corrected chi connectivity index (χ3v) is 6.81. The van der Waals surface area contributed by atoms with Crippen molar-refractivity contribution in [3.63, 3.8) is 0 Å². The first-order valence-corrected chi connectivity index (χ1v) is 10.4. The summed E-state index contributed by atoms with van der Waals surface area (Å²) < 4.78 is 32.2. The van der Waals surface area contributed by atoms with E-state index in [0.717, 1.165) is 5.56 Å². The summed E-state index contributed by atoms with van der Waals surface area (Å²) in [7, 11) is -2.18. The molecule has 1 fully saturated rings. The molecule has 0 N–H and O–H groups in total. The predicted octanol–water partition coefficient (Wildman–Crippen LogP) is 2.76. The number of halogens is 1.